The number of ether oxygens (including phenoxy) is 2. The van der Waals surface area contributed by atoms with Crippen molar-refractivity contribution in [3.8, 4) is 23.4 Å². The van der Waals surface area contributed by atoms with Gasteiger partial charge in [0.2, 0.25) is 17.5 Å². The molecule has 1 unspecified atom stereocenters. The van der Waals surface area contributed by atoms with Crippen molar-refractivity contribution in [3.63, 3.8) is 0 Å². The molecule has 1 aromatic heterocycles. The molecule has 0 spiro atoms. The average molecular weight is 385 g/mol. The van der Waals surface area contributed by atoms with Crippen LogP contribution in [0.3, 0.4) is 0 Å². The number of nitriles is 1. The highest BCUT2D eigenvalue weighted by Crippen LogP contribution is 2.48. The largest absolute Gasteiger partial charge is 0.500 e. The molecular formula is C18H19N5O5. The number of nitro benzene ring substituents is 1. The Labute approximate surface area is 160 Å². The molecule has 1 atom stereocenters. The van der Waals surface area contributed by atoms with Crippen LogP contribution in [0.2, 0.25) is 0 Å². The Morgan fingerprint density at radius 2 is 2.25 bits per heavy atom. The van der Waals surface area contributed by atoms with E-state index in [1.54, 1.807) is 6.92 Å². The highest BCUT2D eigenvalue weighted by Gasteiger charge is 2.37. The minimum absolute atomic E-state index is 0.0140. The van der Waals surface area contributed by atoms with Crippen LogP contribution in [0.15, 0.2) is 23.6 Å². The average Bonchev–Trinajstić information content (AvgIpc) is 3.05. The molecule has 4 N–H and O–H groups in total. The number of aromatic nitrogens is 2. The third kappa shape index (κ3) is 2.96. The molecule has 2 heterocycles. The summed E-state index contributed by atoms with van der Waals surface area (Å²) >= 11 is 0. The summed E-state index contributed by atoms with van der Waals surface area (Å²) in [7, 11) is 0. The predicted octanol–water partition coefficient (Wildman–Crippen LogP) is 2.76. The quantitative estimate of drug-likeness (QED) is 0.523. The number of nitrogens with zero attached hydrogens (tertiary/aromatic N) is 3. The number of phenols is 1. The van der Waals surface area contributed by atoms with Gasteiger partial charge in [-0.3, -0.25) is 15.2 Å². The second-order valence-electron chi connectivity index (χ2n) is 6.51. The number of nitrogens with one attached hydrogen (secondary N) is 1. The van der Waals surface area contributed by atoms with E-state index in [0.717, 1.165) is 0 Å². The SMILES string of the molecule is CCOc1cc(C2C(C#N)=C(N)Oc3n[nH]c(C(C)C)c32)cc([N+](=O)[O-])c1O. The van der Waals surface area contributed by atoms with Crippen molar-refractivity contribution >= 4 is 5.69 Å². The van der Waals surface area contributed by atoms with E-state index >= 15 is 0 Å². The summed E-state index contributed by atoms with van der Waals surface area (Å²) in [4.78, 5) is 10.7. The number of allylic oxidation sites excluding steroid dienone is 1. The number of aromatic amines is 1. The number of hydrogen-bond donors (Lipinski definition) is 3. The van der Waals surface area contributed by atoms with Gasteiger partial charge in [0.15, 0.2) is 5.75 Å². The number of hydrogen-bond acceptors (Lipinski definition) is 8. The first kappa shape index (κ1) is 19.0. The van der Waals surface area contributed by atoms with Gasteiger partial charge in [-0.05, 0) is 24.5 Å². The van der Waals surface area contributed by atoms with Gasteiger partial charge in [-0.1, -0.05) is 13.8 Å². The van der Waals surface area contributed by atoms with Crippen molar-refractivity contribution in [1.82, 2.24) is 10.2 Å². The zero-order valence-electron chi connectivity index (χ0n) is 15.5. The number of nitro groups is 1. The Morgan fingerprint density at radius 1 is 1.54 bits per heavy atom. The standard InChI is InChI=1S/C18H19N5O5/c1-4-27-12-6-9(5-11(16(12)24)23(25)26)13-10(7-19)17(20)28-18-14(13)15(8(2)3)21-22-18/h5-6,8,13,24H,4,20H2,1-3H3,(H,21,22). The van der Waals surface area contributed by atoms with Crippen LogP contribution in [0.25, 0.3) is 0 Å². The van der Waals surface area contributed by atoms with Crippen molar-refractivity contribution < 1.29 is 19.5 Å². The van der Waals surface area contributed by atoms with Crippen molar-refractivity contribution in [1.29, 1.82) is 5.26 Å². The summed E-state index contributed by atoms with van der Waals surface area (Å²) in [5, 5.41) is 38.3. The van der Waals surface area contributed by atoms with Crippen LogP contribution >= 0.6 is 0 Å². The van der Waals surface area contributed by atoms with Crippen molar-refractivity contribution in [2.24, 2.45) is 5.73 Å². The van der Waals surface area contributed by atoms with Crippen molar-refractivity contribution in [2.45, 2.75) is 32.6 Å². The number of fused-ring (bicyclic) bond motifs is 1. The molecule has 0 bridgehead atoms. The highest BCUT2D eigenvalue weighted by molar-refractivity contribution is 5.63. The van der Waals surface area contributed by atoms with Gasteiger partial charge in [-0.2, -0.15) is 5.26 Å². The summed E-state index contributed by atoms with van der Waals surface area (Å²) in [6.07, 6.45) is 0. The third-order valence-corrected chi connectivity index (χ3v) is 4.45. The third-order valence-electron chi connectivity index (χ3n) is 4.45. The molecule has 28 heavy (non-hydrogen) atoms. The molecule has 2 aromatic rings. The molecule has 10 nitrogen and oxygen atoms in total. The molecule has 0 amide bonds. The van der Waals surface area contributed by atoms with Gasteiger partial charge >= 0.3 is 5.69 Å². The van der Waals surface area contributed by atoms with E-state index in [1.807, 2.05) is 19.9 Å². The maximum atomic E-state index is 11.4. The van der Waals surface area contributed by atoms with Gasteiger partial charge in [0.05, 0.1) is 23.0 Å². The van der Waals surface area contributed by atoms with Gasteiger partial charge in [0.1, 0.15) is 11.6 Å². The number of phenolic OH excluding ortho intramolecular Hbond substituents is 1. The first-order valence-electron chi connectivity index (χ1n) is 8.59. The number of benzene rings is 1. The molecule has 1 aromatic carbocycles. The fraction of sp³-hybridized carbons (Fsp3) is 0.333. The molecule has 0 saturated heterocycles. The van der Waals surface area contributed by atoms with E-state index in [1.165, 1.54) is 12.1 Å². The van der Waals surface area contributed by atoms with Gasteiger partial charge in [0.25, 0.3) is 0 Å². The smallest absolute Gasteiger partial charge is 0.314 e. The lowest BCUT2D eigenvalue weighted by atomic mass is 9.82. The topological polar surface area (TPSA) is 160 Å². The molecule has 1 aliphatic heterocycles. The molecule has 0 fully saturated rings. The maximum Gasteiger partial charge on any atom is 0.314 e. The number of H-pyrrole nitrogens is 1. The molecule has 0 aliphatic carbocycles. The van der Waals surface area contributed by atoms with Crippen LogP contribution in [-0.4, -0.2) is 26.8 Å². The Kier molecular flexibility index (Phi) is 4.83. The first-order valence-corrected chi connectivity index (χ1v) is 8.59. The minimum atomic E-state index is -0.761. The van der Waals surface area contributed by atoms with Crippen molar-refractivity contribution in [3.05, 3.63) is 50.5 Å². The monoisotopic (exact) mass is 385 g/mol. The fourth-order valence-corrected chi connectivity index (χ4v) is 3.23. The second kappa shape index (κ2) is 7.11. The van der Waals surface area contributed by atoms with Gasteiger partial charge in [0, 0.05) is 11.8 Å². The molecule has 146 valence electrons. The Hall–Kier alpha value is -3.74. The van der Waals surface area contributed by atoms with E-state index in [9.17, 15) is 20.5 Å². The van der Waals surface area contributed by atoms with Gasteiger partial charge in [-0.25, -0.2) is 0 Å². The summed E-state index contributed by atoms with van der Waals surface area (Å²) in [5.74, 6) is -1.29. The number of aromatic hydroxyl groups is 1. The Morgan fingerprint density at radius 3 is 2.82 bits per heavy atom. The number of nitrogens with two attached hydrogens (primary N) is 1. The van der Waals surface area contributed by atoms with E-state index in [2.05, 4.69) is 10.2 Å². The summed E-state index contributed by atoms with van der Waals surface area (Å²) in [6, 6.07) is 4.70. The van der Waals surface area contributed by atoms with Crippen LogP contribution in [-0.2, 0) is 0 Å². The van der Waals surface area contributed by atoms with Gasteiger partial charge < -0.3 is 20.3 Å². The van der Waals surface area contributed by atoms with E-state index in [4.69, 9.17) is 15.2 Å². The second-order valence-corrected chi connectivity index (χ2v) is 6.51. The van der Waals surface area contributed by atoms with Crippen LogP contribution in [0.5, 0.6) is 17.4 Å². The zero-order chi connectivity index (χ0) is 20.6. The number of rotatable bonds is 5. The molecule has 3 rings (SSSR count). The normalized spacial score (nSPS) is 15.8. The minimum Gasteiger partial charge on any atom is -0.500 e. The van der Waals surface area contributed by atoms with Crippen LogP contribution < -0.4 is 15.2 Å². The van der Waals surface area contributed by atoms with E-state index in [-0.39, 0.29) is 35.6 Å². The molecule has 1 aliphatic rings. The van der Waals surface area contributed by atoms with Crippen LogP contribution in [0, 0.1) is 21.4 Å². The Balaban J connectivity index is 2.32. The molecule has 0 radical (unpaired) electrons. The Bertz CT molecular complexity index is 1020. The predicted molar refractivity (Wildman–Crippen MR) is 97.9 cm³/mol. The zero-order valence-corrected chi connectivity index (χ0v) is 15.5. The molecule has 10 heteroatoms. The van der Waals surface area contributed by atoms with E-state index in [0.29, 0.717) is 16.8 Å². The lowest BCUT2D eigenvalue weighted by molar-refractivity contribution is -0.386. The fourth-order valence-electron chi connectivity index (χ4n) is 3.23. The molecule has 0 saturated carbocycles. The van der Waals surface area contributed by atoms with Crippen molar-refractivity contribution in [2.75, 3.05) is 6.61 Å². The van der Waals surface area contributed by atoms with E-state index < -0.39 is 22.3 Å². The first-order chi connectivity index (χ1) is 13.3. The van der Waals surface area contributed by atoms with Crippen LogP contribution in [0.4, 0.5) is 5.69 Å². The lowest BCUT2D eigenvalue weighted by Crippen LogP contribution is -2.21. The summed E-state index contributed by atoms with van der Waals surface area (Å²) in [6.45, 7) is 5.75. The van der Waals surface area contributed by atoms with Gasteiger partial charge in [-0.15, -0.1) is 5.10 Å². The van der Waals surface area contributed by atoms with Crippen LogP contribution in [0.1, 0.15) is 49.4 Å². The highest BCUT2D eigenvalue weighted by atomic mass is 16.6. The summed E-state index contributed by atoms with van der Waals surface area (Å²) < 4.78 is 10.8. The molecular weight excluding hydrogens is 366 g/mol. The summed E-state index contributed by atoms with van der Waals surface area (Å²) in [5.41, 5.74) is 7.13. The maximum absolute atomic E-state index is 11.4. The lowest BCUT2D eigenvalue weighted by Gasteiger charge is -2.25.